The maximum Gasteiger partial charge on any atom is 0.137 e. The number of quaternary nitrogens is 1. The van der Waals surface area contributed by atoms with Gasteiger partial charge in [0.05, 0.1) is 20.2 Å². The van der Waals surface area contributed by atoms with Crippen LogP contribution in [0.2, 0.25) is 0 Å². The summed E-state index contributed by atoms with van der Waals surface area (Å²) in [6.07, 6.45) is 4.54. The molecule has 0 spiro atoms. The first kappa shape index (κ1) is 26.5. The van der Waals surface area contributed by atoms with Gasteiger partial charge >= 0.3 is 0 Å². The third-order valence-corrected chi connectivity index (χ3v) is 6.40. The highest BCUT2D eigenvalue weighted by Crippen LogP contribution is 2.34. The zero-order valence-electron chi connectivity index (χ0n) is 20.1. The smallest absolute Gasteiger partial charge is 0.137 e. The first-order valence-electron chi connectivity index (χ1n) is 11.7. The Hall–Kier alpha value is -1.75. The molecule has 1 atom stereocenters. The van der Waals surface area contributed by atoms with E-state index in [9.17, 15) is 5.11 Å². The van der Waals surface area contributed by atoms with Crippen LogP contribution in [0.15, 0.2) is 48.5 Å². The Bertz CT molecular complexity index is 811. The number of hydrogen-bond donors (Lipinski definition) is 1. The molecule has 0 bridgehead atoms. The zero-order valence-corrected chi connectivity index (χ0v) is 20.9. The molecular formula is C27H40ClNO3. The van der Waals surface area contributed by atoms with Crippen molar-refractivity contribution in [1.29, 1.82) is 0 Å². The summed E-state index contributed by atoms with van der Waals surface area (Å²) in [5.41, 5.74) is 2.38. The van der Waals surface area contributed by atoms with Gasteiger partial charge in [-0.25, -0.2) is 0 Å². The molecule has 32 heavy (non-hydrogen) atoms. The molecule has 2 aromatic carbocycles. The van der Waals surface area contributed by atoms with Crippen molar-refractivity contribution in [3.05, 3.63) is 59.7 Å². The minimum Gasteiger partial charge on any atom is -1.00 e. The lowest BCUT2D eigenvalue weighted by molar-refractivity contribution is -0.942. The van der Waals surface area contributed by atoms with Crippen LogP contribution in [0.1, 0.15) is 57.6 Å². The summed E-state index contributed by atoms with van der Waals surface area (Å²) in [6, 6.07) is 16.6. The molecule has 1 fully saturated rings. The second-order valence-electron chi connectivity index (χ2n) is 10.1. The van der Waals surface area contributed by atoms with Gasteiger partial charge in [-0.1, -0.05) is 51.1 Å². The van der Waals surface area contributed by atoms with E-state index in [0.29, 0.717) is 6.61 Å². The maximum atomic E-state index is 11.0. The van der Waals surface area contributed by atoms with E-state index in [4.69, 9.17) is 9.47 Å². The van der Waals surface area contributed by atoms with Gasteiger partial charge in [0.15, 0.2) is 0 Å². The number of rotatable bonds is 8. The Morgan fingerprint density at radius 1 is 0.969 bits per heavy atom. The average Bonchev–Trinajstić information content (AvgIpc) is 2.97. The number of likely N-dealkylation sites (tertiary alicyclic amines) is 1. The second-order valence-corrected chi connectivity index (χ2v) is 10.1. The van der Waals surface area contributed by atoms with Gasteiger partial charge in [-0.05, 0) is 49.3 Å². The Labute approximate surface area is 200 Å². The lowest BCUT2D eigenvalue weighted by Crippen LogP contribution is -3.00. The molecule has 178 valence electrons. The fourth-order valence-corrected chi connectivity index (χ4v) is 4.77. The lowest BCUT2D eigenvalue weighted by Gasteiger charge is -2.39. The van der Waals surface area contributed by atoms with E-state index in [1.165, 1.54) is 31.2 Å². The first-order valence-corrected chi connectivity index (χ1v) is 11.7. The van der Waals surface area contributed by atoms with Gasteiger partial charge in [0.1, 0.15) is 37.3 Å². The molecule has 1 N–H and O–H groups in total. The lowest BCUT2D eigenvalue weighted by atomic mass is 9.86. The standard InChI is InChI=1S/C27H40NO3.ClH/c1-27(2,3)25-18-24(30-4)14-15-26(25)31-21-23(29)20-28(16-10-5-6-11-17-28)19-22-12-8-7-9-13-22;/h7-9,12-15,18,23,29H,5-6,10-11,16-17,19-21H2,1-4H3;1H/q+1;/p-1. The van der Waals surface area contributed by atoms with Crippen molar-refractivity contribution >= 4 is 0 Å². The highest BCUT2D eigenvalue weighted by Gasteiger charge is 2.32. The highest BCUT2D eigenvalue weighted by atomic mass is 35.5. The van der Waals surface area contributed by atoms with Crippen molar-refractivity contribution < 1.29 is 31.5 Å². The molecule has 1 aliphatic heterocycles. The topological polar surface area (TPSA) is 38.7 Å². The Morgan fingerprint density at radius 3 is 2.22 bits per heavy atom. The van der Waals surface area contributed by atoms with E-state index in [2.05, 4.69) is 51.1 Å². The van der Waals surface area contributed by atoms with Crippen LogP contribution in [0.25, 0.3) is 0 Å². The van der Waals surface area contributed by atoms with Crippen molar-refractivity contribution in [2.24, 2.45) is 0 Å². The van der Waals surface area contributed by atoms with Gasteiger partial charge in [0.2, 0.25) is 0 Å². The summed E-state index contributed by atoms with van der Waals surface area (Å²) in [7, 11) is 1.68. The van der Waals surface area contributed by atoms with Gasteiger partial charge in [0.25, 0.3) is 0 Å². The van der Waals surface area contributed by atoms with E-state index < -0.39 is 6.10 Å². The van der Waals surface area contributed by atoms with Crippen molar-refractivity contribution in [2.75, 3.05) is 33.4 Å². The number of nitrogens with zero attached hydrogens (tertiary/aromatic N) is 1. The van der Waals surface area contributed by atoms with Crippen molar-refractivity contribution in [1.82, 2.24) is 0 Å². The SMILES string of the molecule is COc1ccc(OCC(O)C[N+]2(Cc3ccccc3)CCCCCC2)c(C(C)(C)C)c1.[Cl-]. The van der Waals surface area contributed by atoms with Crippen LogP contribution in [0.4, 0.5) is 0 Å². The molecule has 0 amide bonds. The van der Waals surface area contributed by atoms with Crippen molar-refractivity contribution in [3.63, 3.8) is 0 Å². The largest absolute Gasteiger partial charge is 1.00 e. The molecule has 1 unspecified atom stereocenters. The molecule has 1 saturated heterocycles. The Morgan fingerprint density at radius 2 is 1.62 bits per heavy atom. The number of methoxy groups -OCH3 is 1. The van der Waals surface area contributed by atoms with E-state index >= 15 is 0 Å². The molecule has 0 aromatic heterocycles. The summed E-state index contributed by atoms with van der Waals surface area (Å²) in [5.74, 6) is 1.66. The quantitative estimate of drug-likeness (QED) is 0.613. The summed E-state index contributed by atoms with van der Waals surface area (Å²) in [4.78, 5) is 0. The zero-order chi connectivity index (χ0) is 22.3. The van der Waals surface area contributed by atoms with Gasteiger partial charge in [-0.2, -0.15) is 0 Å². The molecule has 5 heteroatoms. The fourth-order valence-electron chi connectivity index (χ4n) is 4.77. The van der Waals surface area contributed by atoms with Crippen LogP contribution in [-0.2, 0) is 12.0 Å². The summed E-state index contributed by atoms with van der Waals surface area (Å²) in [6.45, 7) is 10.8. The highest BCUT2D eigenvalue weighted by molar-refractivity contribution is 5.44. The van der Waals surface area contributed by atoms with Crippen LogP contribution < -0.4 is 21.9 Å². The van der Waals surface area contributed by atoms with Gasteiger partial charge in [0, 0.05) is 11.1 Å². The molecule has 1 heterocycles. The van der Waals surface area contributed by atoms with E-state index in [1.54, 1.807) is 7.11 Å². The van der Waals surface area contributed by atoms with Gasteiger partial charge in [-0.3, -0.25) is 0 Å². The number of hydrogen-bond acceptors (Lipinski definition) is 3. The summed E-state index contributed by atoms with van der Waals surface area (Å²) < 4.78 is 12.5. The molecule has 1 aliphatic rings. The maximum absolute atomic E-state index is 11.0. The molecular weight excluding hydrogens is 422 g/mol. The van der Waals surface area contributed by atoms with Crippen LogP contribution in [0, 0.1) is 0 Å². The van der Waals surface area contributed by atoms with E-state index in [1.807, 2.05) is 18.2 Å². The molecule has 0 saturated carbocycles. The molecule has 3 rings (SSSR count). The average molecular weight is 462 g/mol. The predicted molar refractivity (Wildman–Crippen MR) is 127 cm³/mol. The minimum absolute atomic E-state index is 0. The first-order chi connectivity index (χ1) is 14.8. The third-order valence-electron chi connectivity index (χ3n) is 6.40. The third kappa shape index (κ3) is 7.40. The second kappa shape index (κ2) is 11.9. The number of aliphatic hydroxyl groups is 1. The van der Waals surface area contributed by atoms with Crippen LogP contribution >= 0.6 is 0 Å². The number of benzene rings is 2. The van der Waals surface area contributed by atoms with Crippen LogP contribution in [0.3, 0.4) is 0 Å². The van der Waals surface area contributed by atoms with E-state index in [0.717, 1.165) is 47.7 Å². The molecule has 4 nitrogen and oxygen atoms in total. The van der Waals surface area contributed by atoms with Crippen molar-refractivity contribution in [2.45, 2.75) is 64.5 Å². The van der Waals surface area contributed by atoms with Gasteiger partial charge in [-0.15, -0.1) is 0 Å². The fraction of sp³-hybridized carbons (Fsp3) is 0.556. The van der Waals surface area contributed by atoms with Crippen LogP contribution in [0.5, 0.6) is 11.5 Å². The summed E-state index contributed by atoms with van der Waals surface area (Å²) >= 11 is 0. The normalized spacial score (nSPS) is 17.0. The minimum atomic E-state index is -0.503. The molecule has 0 aliphatic carbocycles. The molecule has 2 aromatic rings. The Kier molecular flexibility index (Phi) is 9.87. The molecule has 0 radical (unpaired) electrons. The Balaban J connectivity index is 0.00000363. The van der Waals surface area contributed by atoms with Crippen molar-refractivity contribution in [3.8, 4) is 11.5 Å². The van der Waals surface area contributed by atoms with Crippen LogP contribution in [-0.4, -0.2) is 49.0 Å². The number of aliphatic hydroxyl groups excluding tert-OH is 1. The number of halogens is 1. The predicted octanol–water partition coefficient (Wildman–Crippen LogP) is 2.33. The van der Waals surface area contributed by atoms with E-state index in [-0.39, 0.29) is 17.8 Å². The number of ether oxygens (including phenoxy) is 2. The summed E-state index contributed by atoms with van der Waals surface area (Å²) in [5, 5.41) is 11.0. The van der Waals surface area contributed by atoms with Gasteiger partial charge < -0.3 is 31.5 Å². The monoisotopic (exact) mass is 461 g/mol.